The lowest BCUT2D eigenvalue weighted by Gasteiger charge is -2.26. The van der Waals surface area contributed by atoms with E-state index < -0.39 is 12.0 Å². The summed E-state index contributed by atoms with van der Waals surface area (Å²) in [6, 6.07) is 21.5. The van der Waals surface area contributed by atoms with Gasteiger partial charge in [0.1, 0.15) is 11.8 Å². The Balaban J connectivity index is 1.26. The molecule has 3 amide bonds. The van der Waals surface area contributed by atoms with E-state index in [1.807, 2.05) is 62.4 Å². The van der Waals surface area contributed by atoms with Crippen molar-refractivity contribution in [1.29, 1.82) is 0 Å². The molecule has 3 aromatic carbocycles. The summed E-state index contributed by atoms with van der Waals surface area (Å²) in [5, 5.41) is 14.7. The fourth-order valence-electron chi connectivity index (χ4n) is 5.25. The molecule has 3 N–H and O–H groups in total. The summed E-state index contributed by atoms with van der Waals surface area (Å²) in [6.45, 7) is 5.70. The van der Waals surface area contributed by atoms with Gasteiger partial charge in [-0.1, -0.05) is 68.2 Å². The lowest BCUT2D eigenvalue weighted by Crippen LogP contribution is -2.45. The Bertz CT molecular complexity index is 1590. The number of aliphatic hydroxyl groups is 1. The topological polar surface area (TPSA) is 116 Å². The van der Waals surface area contributed by atoms with Crippen molar-refractivity contribution in [3.63, 3.8) is 0 Å². The van der Waals surface area contributed by atoms with Gasteiger partial charge in [0.05, 0.1) is 18.8 Å². The number of anilines is 2. The third kappa shape index (κ3) is 9.13. The van der Waals surface area contributed by atoms with Gasteiger partial charge in [0.15, 0.2) is 0 Å². The van der Waals surface area contributed by atoms with E-state index in [-0.39, 0.29) is 48.9 Å². The van der Waals surface area contributed by atoms with Crippen molar-refractivity contribution in [3.05, 3.63) is 95.1 Å². The fraction of sp³-hybridized carbons (Fsp3) is 0.351. The van der Waals surface area contributed by atoms with Crippen molar-refractivity contribution in [2.75, 3.05) is 10.2 Å². The van der Waals surface area contributed by atoms with E-state index in [2.05, 4.69) is 22.5 Å². The second-order valence-electron chi connectivity index (χ2n) is 11.8. The predicted octanol–water partition coefficient (Wildman–Crippen LogP) is 5.36. The van der Waals surface area contributed by atoms with Gasteiger partial charge in [0.2, 0.25) is 17.7 Å². The number of amides is 3. The molecule has 234 valence electrons. The monoisotopic (exact) mass is 607 g/mol. The van der Waals surface area contributed by atoms with E-state index in [4.69, 9.17) is 0 Å². The lowest BCUT2D eigenvalue weighted by atomic mass is 9.88. The zero-order valence-corrected chi connectivity index (χ0v) is 26.1. The normalized spacial score (nSPS) is 13.2. The van der Waals surface area contributed by atoms with Gasteiger partial charge >= 0.3 is 0 Å². The second kappa shape index (κ2) is 15.8. The number of nitrogens with one attached hydrogen (secondary N) is 2. The molecule has 1 aliphatic rings. The second-order valence-corrected chi connectivity index (χ2v) is 11.8. The summed E-state index contributed by atoms with van der Waals surface area (Å²) in [6.07, 6.45) is 1.72. The van der Waals surface area contributed by atoms with Crippen LogP contribution in [0.1, 0.15) is 75.1 Å². The highest BCUT2D eigenvalue weighted by atomic mass is 16.3. The van der Waals surface area contributed by atoms with Gasteiger partial charge < -0.3 is 20.6 Å². The van der Waals surface area contributed by atoms with E-state index in [0.29, 0.717) is 31.5 Å². The number of para-hydroxylation sites is 1. The molecule has 1 aliphatic heterocycles. The number of unbranched alkanes of at least 4 members (excludes halogenated alkanes) is 1. The van der Waals surface area contributed by atoms with E-state index >= 15 is 0 Å². The molecule has 0 unspecified atom stereocenters. The molecule has 0 aliphatic carbocycles. The molecule has 45 heavy (non-hydrogen) atoms. The molecule has 8 heteroatoms. The standard InChI is InChI=1S/C37H41N3O5/c1-25(2)33(37(45)38-26(3)36(44)39-31-20-16-27(24-41)17-21-31)22-32(42)13-7-9-15-35(43)40-23-30-12-5-4-10-28(30)18-19-29-11-6-8-14-34(29)40/h4-6,8,10-12,14,16-17,20-21,25-26,33,41H,7,9,13,15,22-24H2,1-3H3,(H,38,45)(H,39,44)/t26-,33-/m0/s1. The van der Waals surface area contributed by atoms with Crippen LogP contribution in [-0.4, -0.2) is 34.7 Å². The van der Waals surface area contributed by atoms with Crippen LogP contribution in [0.5, 0.6) is 0 Å². The molecule has 0 bridgehead atoms. The molecular formula is C37H41N3O5. The molecule has 0 aromatic heterocycles. The summed E-state index contributed by atoms with van der Waals surface area (Å²) < 4.78 is 0. The highest BCUT2D eigenvalue weighted by molar-refractivity contribution is 5.98. The van der Waals surface area contributed by atoms with Crippen molar-refractivity contribution in [1.82, 2.24) is 5.32 Å². The molecule has 0 saturated carbocycles. The van der Waals surface area contributed by atoms with Crippen LogP contribution < -0.4 is 15.5 Å². The Labute approximate surface area is 265 Å². The van der Waals surface area contributed by atoms with Crippen molar-refractivity contribution in [3.8, 4) is 11.8 Å². The third-order valence-electron chi connectivity index (χ3n) is 8.02. The number of benzene rings is 3. The van der Waals surface area contributed by atoms with Crippen molar-refractivity contribution >= 4 is 34.9 Å². The predicted molar refractivity (Wildman–Crippen MR) is 175 cm³/mol. The number of nitrogens with zero attached hydrogens (tertiary/aromatic N) is 1. The van der Waals surface area contributed by atoms with Crippen LogP contribution in [0, 0.1) is 23.7 Å². The van der Waals surface area contributed by atoms with Crippen molar-refractivity contribution in [2.45, 2.75) is 72.1 Å². The summed E-state index contributed by atoms with van der Waals surface area (Å²) in [5.41, 5.74) is 4.77. The number of carbonyl (C=O) groups is 4. The fourth-order valence-corrected chi connectivity index (χ4v) is 5.25. The van der Waals surface area contributed by atoms with Crippen LogP contribution in [0.2, 0.25) is 0 Å². The Hall–Kier alpha value is -4.74. The maximum Gasteiger partial charge on any atom is 0.246 e. The number of rotatable bonds is 13. The Morgan fingerprint density at radius 3 is 2.18 bits per heavy atom. The molecule has 8 nitrogen and oxygen atoms in total. The molecular weight excluding hydrogens is 566 g/mol. The van der Waals surface area contributed by atoms with Crippen LogP contribution in [0.15, 0.2) is 72.8 Å². The van der Waals surface area contributed by atoms with E-state index in [1.54, 1.807) is 36.1 Å². The van der Waals surface area contributed by atoms with Gasteiger partial charge in [0, 0.05) is 42.0 Å². The van der Waals surface area contributed by atoms with Crippen molar-refractivity contribution in [2.24, 2.45) is 11.8 Å². The number of Topliss-reactive ketones (excluding diaryl/α,β-unsaturated/α-hetero) is 1. The number of hydrogen-bond donors (Lipinski definition) is 3. The molecule has 3 aromatic rings. The van der Waals surface area contributed by atoms with Crippen LogP contribution in [0.3, 0.4) is 0 Å². The average molecular weight is 608 g/mol. The molecule has 0 fully saturated rings. The lowest BCUT2D eigenvalue weighted by molar-refractivity contribution is -0.133. The first-order valence-electron chi connectivity index (χ1n) is 15.5. The molecule has 1 heterocycles. The number of hydrogen-bond acceptors (Lipinski definition) is 5. The summed E-state index contributed by atoms with van der Waals surface area (Å²) in [4.78, 5) is 53.9. The SMILES string of the molecule is CC(C)[C@H](CC(=O)CCCCC(=O)N1Cc2ccccc2C#Cc2ccccc21)C(=O)N[C@@H](C)C(=O)Nc1ccc(CO)cc1. The molecule has 0 saturated heterocycles. The van der Waals surface area contributed by atoms with Gasteiger partial charge in [0.25, 0.3) is 0 Å². The largest absolute Gasteiger partial charge is 0.392 e. The maximum atomic E-state index is 13.4. The molecule has 0 spiro atoms. The first-order valence-corrected chi connectivity index (χ1v) is 15.5. The van der Waals surface area contributed by atoms with Crippen LogP contribution in [0.25, 0.3) is 0 Å². The van der Waals surface area contributed by atoms with Gasteiger partial charge in [-0.15, -0.1) is 0 Å². The summed E-state index contributed by atoms with van der Waals surface area (Å²) in [5.74, 6) is 4.97. The molecule has 2 atom stereocenters. The number of fused-ring (bicyclic) bond motifs is 2. The minimum absolute atomic E-state index is 0.0237. The summed E-state index contributed by atoms with van der Waals surface area (Å²) in [7, 11) is 0. The van der Waals surface area contributed by atoms with Crippen LogP contribution in [-0.2, 0) is 32.3 Å². The van der Waals surface area contributed by atoms with Crippen molar-refractivity contribution < 1.29 is 24.3 Å². The zero-order valence-electron chi connectivity index (χ0n) is 26.1. The maximum absolute atomic E-state index is 13.4. The minimum atomic E-state index is -0.802. The Morgan fingerprint density at radius 1 is 0.822 bits per heavy atom. The van der Waals surface area contributed by atoms with Crippen LogP contribution in [0.4, 0.5) is 11.4 Å². The Kier molecular flexibility index (Phi) is 11.7. The number of ketones is 1. The first kappa shape index (κ1) is 33.2. The smallest absolute Gasteiger partial charge is 0.246 e. The van der Waals surface area contributed by atoms with Gasteiger partial charge in [-0.05, 0) is 67.1 Å². The van der Waals surface area contributed by atoms with E-state index in [0.717, 1.165) is 27.9 Å². The molecule has 0 radical (unpaired) electrons. The van der Waals surface area contributed by atoms with E-state index in [1.165, 1.54) is 0 Å². The van der Waals surface area contributed by atoms with E-state index in [9.17, 15) is 24.3 Å². The minimum Gasteiger partial charge on any atom is -0.392 e. The average Bonchev–Trinajstić information content (AvgIpc) is 3.03. The number of carbonyl (C=O) groups excluding carboxylic acids is 4. The van der Waals surface area contributed by atoms with Gasteiger partial charge in [-0.2, -0.15) is 0 Å². The van der Waals surface area contributed by atoms with Gasteiger partial charge in [-0.25, -0.2) is 0 Å². The molecule has 4 rings (SSSR count). The summed E-state index contributed by atoms with van der Waals surface area (Å²) >= 11 is 0. The zero-order chi connectivity index (χ0) is 32.3. The quantitative estimate of drug-likeness (QED) is 0.179. The highest BCUT2D eigenvalue weighted by Gasteiger charge is 2.28. The number of aliphatic hydroxyl groups excluding tert-OH is 1. The Morgan fingerprint density at radius 2 is 1.47 bits per heavy atom. The van der Waals surface area contributed by atoms with Gasteiger partial charge in [-0.3, -0.25) is 19.2 Å². The highest BCUT2D eigenvalue weighted by Crippen LogP contribution is 2.26. The third-order valence-corrected chi connectivity index (χ3v) is 8.02. The van der Waals surface area contributed by atoms with Crippen LogP contribution >= 0.6 is 0 Å². The first-order chi connectivity index (χ1) is 21.7.